The largest absolute Gasteiger partial charge is 0.482 e. The fourth-order valence-electron chi connectivity index (χ4n) is 1.60. The average molecular weight is 293 g/mol. The van der Waals surface area contributed by atoms with E-state index < -0.39 is 5.82 Å². The van der Waals surface area contributed by atoms with Gasteiger partial charge in [0.15, 0.2) is 24.0 Å². The van der Waals surface area contributed by atoms with E-state index in [2.05, 4.69) is 0 Å². The van der Waals surface area contributed by atoms with Crippen LogP contribution in [-0.4, -0.2) is 18.7 Å². The van der Waals surface area contributed by atoms with Crippen molar-refractivity contribution in [2.45, 2.75) is 0 Å². The molecule has 0 saturated carbocycles. The van der Waals surface area contributed by atoms with Gasteiger partial charge in [-0.15, -0.1) is 0 Å². The Kier molecular flexibility index (Phi) is 4.48. The van der Waals surface area contributed by atoms with E-state index in [9.17, 15) is 14.0 Å². The van der Waals surface area contributed by atoms with E-state index in [1.54, 1.807) is 18.2 Å². The minimum atomic E-state index is -0.687. The average Bonchev–Trinajstić information content (AvgIpc) is 2.45. The molecule has 2 aromatic rings. The van der Waals surface area contributed by atoms with Crippen molar-refractivity contribution in [3.8, 4) is 5.75 Å². The lowest BCUT2D eigenvalue weighted by molar-refractivity contribution is 0.0918. The van der Waals surface area contributed by atoms with Gasteiger partial charge in [0, 0.05) is 16.1 Å². The van der Waals surface area contributed by atoms with E-state index in [4.69, 9.17) is 16.3 Å². The number of carbonyl (C=O) groups excluding carboxylic acids is 2. The van der Waals surface area contributed by atoms with Gasteiger partial charge in [-0.1, -0.05) is 23.7 Å². The van der Waals surface area contributed by atoms with Crippen LogP contribution < -0.4 is 4.74 Å². The maximum absolute atomic E-state index is 13.5. The molecule has 0 saturated heterocycles. The predicted molar refractivity (Wildman–Crippen MR) is 73.1 cm³/mol. The fourth-order valence-corrected chi connectivity index (χ4v) is 1.79. The number of aldehydes is 1. The highest BCUT2D eigenvalue weighted by atomic mass is 35.5. The second kappa shape index (κ2) is 6.30. The summed E-state index contributed by atoms with van der Waals surface area (Å²) in [5, 5.41) is 0.442. The van der Waals surface area contributed by atoms with E-state index >= 15 is 0 Å². The van der Waals surface area contributed by atoms with E-state index in [0.717, 1.165) is 6.07 Å². The van der Waals surface area contributed by atoms with Crippen molar-refractivity contribution in [2.24, 2.45) is 0 Å². The minimum Gasteiger partial charge on any atom is -0.482 e. The quantitative estimate of drug-likeness (QED) is 0.625. The first-order valence-corrected chi connectivity index (χ1v) is 6.14. The van der Waals surface area contributed by atoms with Crippen LogP contribution in [0.5, 0.6) is 5.75 Å². The van der Waals surface area contributed by atoms with E-state index in [1.165, 1.54) is 18.2 Å². The molecule has 0 atom stereocenters. The predicted octanol–water partition coefficient (Wildman–Crippen LogP) is 3.55. The summed E-state index contributed by atoms with van der Waals surface area (Å²) < 4.78 is 18.6. The van der Waals surface area contributed by atoms with Gasteiger partial charge in [0.25, 0.3) is 0 Å². The molecule has 0 heterocycles. The van der Waals surface area contributed by atoms with E-state index in [0.29, 0.717) is 16.9 Å². The zero-order chi connectivity index (χ0) is 14.5. The molecule has 0 fully saturated rings. The Morgan fingerprint density at radius 2 is 2.05 bits per heavy atom. The number of carbonyl (C=O) groups is 2. The summed E-state index contributed by atoms with van der Waals surface area (Å²) in [7, 11) is 0. The molecular weight excluding hydrogens is 283 g/mol. The molecule has 0 radical (unpaired) electrons. The van der Waals surface area contributed by atoms with Crippen LogP contribution in [0.1, 0.15) is 20.7 Å². The number of rotatable bonds is 5. The Hall–Kier alpha value is -2.20. The van der Waals surface area contributed by atoms with Gasteiger partial charge in [0.05, 0.1) is 0 Å². The summed E-state index contributed by atoms with van der Waals surface area (Å²) in [6.07, 6.45) is 0.532. The van der Waals surface area contributed by atoms with Gasteiger partial charge in [0.2, 0.25) is 0 Å². The molecule has 0 aromatic heterocycles. The van der Waals surface area contributed by atoms with Crippen LogP contribution in [0.25, 0.3) is 0 Å². The molecule has 0 amide bonds. The Balaban J connectivity index is 2.05. The Labute approximate surface area is 119 Å². The maximum Gasteiger partial charge on any atom is 0.200 e. The van der Waals surface area contributed by atoms with Crippen LogP contribution >= 0.6 is 11.6 Å². The van der Waals surface area contributed by atoms with Gasteiger partial charge < -0.3 is 4.74 Å². The molecule has 0 unspecified atom stereocenters. The number of Topliss-reactive ketones (excluding diaryl/α,β-unsaturated/α-hetero) is 1. The number of hydrogen-bond donors (Lipinski definition) is 0. The van der Waals surface area contributed by atoms with Gasteiger partial charge in [0.1, 0.15) is 6.29 Å². The van der Waals surface area contributed by atoms with Crippen molar-refractivity contribution >= 4 is 23.7 Å². The first kappa shape index (κ1) is 14.2. The fraction of sp³-hybridized carbons (Fsp3) is 0.0667. The third-order valence-electron chi connectivity index (χ3n) is 2.60. The van der Waals surface area contributed by atoms with Crippen LogP contribution in [0.4, 0.5) is 4.39 Å². The summed E-state index contributed by atoms with van der Waals surface area (Å²) in [6.45, 7) is -0.308. The van der Waals surface area contributed by atoms with Crippen LogP contribution in [0.15, 0.2) is 42.5 Å². The zero-order valence-electron chi connectivity index (χ0n) is 10.3. The highest BCUT2D eigenvalue weighted by Gasteiger charge is 2.10. The summed E-state index contributed by atoms with van der Waals surface area (Å²) in [5.41, 5.74) is 0.596. The standard InChI is InChI=1S/C15H10ClFO3/c16-12-3-1-2-11(7-12)14(19)9-20-15-5-4-10(8-18)6-13(15)17/h1-8H,9H2. The second-order valence-electron chi connectivity index (χ2n) is 4.03. The van der Waals surface area contributed by atoms with Gasteiger partial charge in [-0.05, 0) is 30.3 Å². The number of ketones is 1. The summed E-state index contributed by atoms with van der Waals surface area (Å²) >= 11 is 5.78. The normalized spacial score (nSPS) is 10.1. The van der Waals surface area contributed by atoms with Crippen LogP contribution in [0.2, 0.25) is 5.02 Å². The van der Waals surface area contributed by atoms with Gasteiger partial charge >= 0.3 is 0 Å². The smallest absolute Gasteiger partial charge is 0.200 e. The molecule has 0 N–H and O–H groups in total. The summed E-state index contributed by atoms with van der Waals surface area (Å²) in [4.78, 5) is 22.3. The molecule has 3 nitrogen and oxygen atoms in total. The second-order valence-corrected chi connectivity index (χ2v) is 4.47. The SMILES string of the molecule is O=Cc1ccc(OCC(=O)c2cccc(Cl)c2)c(F)c1. The Morgan fingerprint density at radius 3 is 2.70 bits per heavy atom. The van der Waals surface area contributed by atoms with Crippen molar-refractivity contribution in [1.82, 2.24) is 0 Å². The topological polar surface area (TPSA) is 43.4 Å². The number of ether oxygens (including phenoxy) is 1. The van der Waals surface area contributed by atoms with Gasteiger partial charge in [-0.2, -0.15) is 0 Å². The van der Waals surface area contributed by atoms with Crippen LogP contribution in [-0.2, 0) is 0 Å². The lowest BCUT2D eigenvalue weighted by Gasteiger charge is -2.07. The first-order valence-electron chi connectivity index (χ1n) is 5.76. The first-order chi connectivity index (χ1) is 9.60. The summed E-state index contributed by atoms with van der Waals surface area (Å²) in [6, 6.07) is 10.2. The van der Waals surface area contributed by atoms with Crippen molar-refractivity contribution in [1.29, 1.82) is 0 Å². The number of hydrogen-bond acceptors (Lipinski definition) is 3. The third kappa shape index (κ3) is 3.42. The highest BCUT2D eigenvalue weighted by Crippen LogP contribution is 2.18. The summed E-state index contributed by atoms with van der Waals surface area (Å²) in [5.74, 6) is -1.08. The Bertz CT molecular complexity index is 655. The highest BCUT2D eigenvalue weighted by molar-refractivity contribution is 6.31. The molecule has 0 aliphatic carbocycles. The molecule has 20 heavy (non-hydrogen) atoms. The van der Waals surface area contributed by atoms with Crippen molar-refractivity contribution in [3.05, 3.63) is 64.4 Å². The zero-order valence-corrected chi connectivity index (χ0v) is 11.1. The third-order valence-corrected chi connectivity index (χ3v) is 2.83. The lowest BCUT2D eigenvalue weighted by Crippen LogP contribution is -2.12. The minimum absolute atomic E-state index is 0.0778. The van der Waals surface area contributed by atoms with Crippen molar-refractivity contribution < 1.29 is 18.7 Å². The van der Waals surface area contributed by atoms with E-state index in [1.807, 2.05) is 0 Å². The van der Waals surface area contributed by atoms with Gasteiger partial charge in [-0.25, -0.2) is 4.39 Å². The molecular formula is C15H10ClFO3. The molecule has 102 valence electrons. The molecule has 0 aliphatic rings. The maximum atomic E-state index is 13.5. The molecule has 0 bridgehead atoms. The molecule has 2 rings (SSSR count). The van der Waals surface area contributed by atoms with E-state index in [-0.39, 0.29) is 23.7 Å². The lowest BCUT2D eigenvalue weighted by atomic mass is 10.1. The van der Waals surface area contributed by atoms with Gasteiger partial charge in [-0.3, -0.25) is 9.59 Å². The number of benzene rings is 2. The Morgan fingerprint density at radius 1 is 1.25 bits per heavy atom. The monoisotopic (exact) mass is 292 g/mol. The molecule has 0 spiro atoms. The number of halogens is 2. The molecule has 2 aromatic carbocycles. The van der Waals surface area contributed by atoms with Crippen LogP contribution in [0, 0.1) is 5.82 Å². The van der Waals surface area contributed by atoms with Crippen molar-refractivity contribution in [3.63, 3.8) is 0 Å². The van der Waals surface area contributed by atoms with Crippen LogP contribution in [0.3, 0.4) is 0 Å². The molecule has 5 heteroatoms. The molecule has 0 aliphatic heterocycles. The van der Waals surface area contributed by atoms with Crippen molar-refractivity contribution in [2.75, 3.05) is 6.61 Å².